The van der Waals surface area contributed by atoms with Gasteiger partial charge in [-0.25, -0.2) is 0 Å². The molecule has 0 radical (unpaired) electrons. The van der Waals surface area contributed by atoms with Crippen LogP contribution in [0.3, 0.4) is 0 Å². The van der Waals surface area contributed by atoms with Crippen LogP contribution in [-0.2, 0) is 4.79 Å². The van der Waals surface area contributed by atoms with Crippen molar-refractivity contribution in [1.82, 2.24) is 10.2 Å². The number of piperidine rings is 1. The molecule has 8 heteroatoms. The van der Waals surface area contributed by atoms with Crippen molar-refractivity contribution in [3.05, 3.63) is 74.8 Å². The predicted molar refractivity (Wildman–Crippen MR) is 119 cm³/mol. The number of likely N-dealkylation sites (tertiary alicyclic amines) is 1. The fourth-order valence-corrected chi connectivity index (χ4v) is 4.05. The van der Waals surface area contributed by atoms with Crippen molar-refractivity contribution in [3.8, 4) is 0 Å². The molecule has 1 aliphatic rings. The van der Waals surface area contributed by atoms with E-state index >= 15 is 0 Å². The minimum absolute atomic E-state index is 0.0487. The van der Waals surface area contributed by atoms with E-state index in [1.165, 1.54) is 23.8 Å². The van der Waals surface area contributed by atoms with E-state index < -0.39 is 16.9 Å². The highest BCUT2D eigenvalue weighted by molar-refractivity contribution is 6.30. The number of benzene rings is 2. The molecule has 0 bridgehead atoms. The highest BCUT2D eigenvalue weighted by atomic mass is 35.5. The zero-order chi connectivity index (χ0) is 22.5. The Balaban J connectivity index is 1.67. The third kappa shape index (κ3) is 5.41. The Morgan fingerprint density at radius 1 is 1.10 bits per heavy atom. The summed E-state index contributed by atoms with van der Waals surface area (Å²) in [5.74, 6) is -0.569. The number of hydrogen-bond donors (Lipinski definition) is 1. The fourth-order valence-electron chi connectivity index (χ4n) is 3.92. The van der Waals surface area contributed by atoms with Gasteiger partial charge in [0, 0.05) is 24.2 Å². The van der Waals surface area contributed by atoms with E-state index in [0.717, 1.165) is 12.8 Å². The molecule has 1 aliphatic heterocycles. The highest BCUT2D eigenvalue weighted by Gasteiger charge is 2.33. The molecular weight excluding hydrogens is 418 g/mol. The number of para-hydroxylation sites is 1. The number of carbonyl (C=O) groups is 2. The molecule has 2 aromatic rings. The molecule has 1 saturated heterocycles. The first-order valence-corrected chi connectivity index (χ1v) is 10.7. The van der Waals surface area contributed by atoms with E-state index in [-0.39, 0.29) is 23.1 Å². The minimum Gasteiger partial charge on any atom is -0.341 e. The first-order valence-electron chi connectivity index (χ1n) is 10.4. The lowest BCUT2D eigenvalue weighted by atomic mass is 9.89. The Morgan fingerprint density at radius 3 is 2.29 bits per heavy atom. The van der Waals surface area contributed by atoms with Gasteiger partial charge in [-0.05, 0) is 48.4 Å². The van der Waals surface area contributed by atoms with Gasteiger partial charge in [0.15, 0.2) is 0 Å². The van der Waals surface area contributed by atoms with Crippen LogP contribution in [0.2, 0.25) is 5.02 Å². The normalized spacial score (nSPS) is 15.5. The highest BCUT2D eigenvalue weighted by Crippen LogP contribution is 2.29. The number of amides is 2. The maximum Gasteiger partial charge on any atom is 0.282 e. The number of halogens is 1. The number of hydrogen-bond acceptors (Lipinski definition) is 4. The quantitative estimate of drug-likeness (QED) is 0.528. The lowest BCUT2D eigenvalue weighted by Gasteiger charge is -2.35. The molecule has 0 aliphatic carbocycles. The third-order valence-corrected chi connectivity index (χ3v) is 5.96. The molecule has 31 heavy (non-hydrogen) atoms. The van der Waals surface area contributed by atoms with Crippen molar-refractivity contribution < 1.29 is 14.5 Å². The van der Waals surface area contributed by atoms with Crippen molar-refractivity contribution in [2.24, 2.45) is 5.92 Å². The van der Waals surface area contributed by atoms with Gasteiger partial charge in [0.25, 0.3) is 11.6 Å². The van der Waals surface area contributed by atoms with Crippen LogP contribution < -0.4 is 5.32 Å². The molecule has 0 saturated carbocycles. The van der Waals surface area contributed by atoms with Crippen LogP contribution in [0.25, 0.3) is 0 Å². The van der Waals surface area contributed by atoms with Crippen molar-refractivity contribution in [3.63, 3.8) is 0 Å². The van der Waals surface area contributed by atoms with E-state index in [2.05, 4.69) is 5.32 Å². The van der Waals surface area contributed by atoms with Crippen LogP contribution in [0, 0.1) is 16.0 Å². The van der Waals surface area contributed by atoms with E-state index in [1.54, 1.807) is 11.0 Å². The lowest BCUT2D eigenvalue weighted by Crippen LogP contribution is -2.52. The summed E-state index contributed by atoms with van der Waals surface area (Å²) in [6, 6.07) is 12.8. The van der Waals surface area contributed by atoms with Crippen molar-refractivity contribution in [1.29, 1.82) is 0 Å². The number of nitro groups is 1. The first kappa shape index (κ1) is 22.7. The van der Waals surface area contributed by atoms with Gasteiger partial charge in [0.05, 0.1) is 4.92 Å². The average Bonchev–Trinajstić information content (AvgIpc) is 2.77. The number of rotatable bonds is 6. The van der Waals surface area contributed by atoms with Gasteiger partial charge in [-0.3, -0.25) is 19.7 Å². The van der Waals surface area contributed by atoms with Gasteiger partial charge in [-0.15, -0.1) is 0 Å². The topological polar surface area (TPSA) is 92.5 Å². The Morgan fingerprint density at radius 2 is 1.71 bits per heavy atom. The third-order valence-electron chi connectivity index (χ3n) is 5.71. The van der Waals surface area contributed by atoms with Crippen molar-refractivity contribution >= 4 is 29.1 Å². The molecule has 1 N–H and O–H groups in total. The minimum atomic E-state index is -0.751. The zero-order valence-electron chi connectivity index (χ0n) is 17.6. The molecule has 2 amide bonds. The van der Waals surface area contributed by atoms with Gasteiger partial charge >= 0.3 is 0 Å². The van der Waals surface area contributed by atoms with E-state index in [4.69, 9.17) is 11.6 Å². The Labute approximate surface area is 186 Å². The molecule has 1 heterocycles. The fraction of sp³-hybridized carbons (Fsp3) is 0.391. The van der Waals surface area contributed by atoms with Gasteiger partial charge < -0.3 is 10.2 Å². The van der Waals surface area contributed by atoms with Gasteiger partial charge in [0.1, 0.15) is 11.6 Å². The molecule has 2 aromatic carbocycles. The summed E-state index contributed by atoms with van der Waals surface area (Å²) in [5, 5.41) is 14.7. The predicted octanol–water partition coefficient (Wildman–Crippen LogP) is 4.41. The number of nitro benzene ring substituents is 1. The van der Waals surface area contributed by atoms with Crippen LogP contribution >= 0.6 is 11.6 Å². The summed E-state index contributed by atoms with van der Waals surface area (Å²) in [7, 11) is 0. The molecule has 0 aromatic heterocycles. The summed E-state index contributed by atoms with van der Waals surface area (Å²) in [6.45, 7) is 4.89. The molecular formula is C23H26ClN3O4. The number of nitrogens with zero attached hydrogens (tertiary/aromatic N) is 2. The van der Waals surface area contributed by atoms with Crippen LogP contribution in [0.15, 0.2) is 48.5 Å². The van der Waals surface area contributed by atoms with Gasteiger partial charge in [-0.2, -0.15) is 0 Å². The van der Waals surface area contributed by atoms with Gasteiger partial charge in [-0.1, -0.05) is 49.7 Å². The second-order valence-electron chi connectivity index (χ2n) is 8.12. The number of carbonyl (C=O) groups excluding carboxylic acids is 2. The summed E-state index contributed by atoms with van der Waals surface area (Å²) >= 11 is 5.97. The molecule has 164 valence electrons. The van der Waals surface area contributed by atoms with E-state index in [9.17, 15) is 19.7 Å². The Hall–Kier alpha value is -2.93. The van der Waals surface area contributed by atoms with Crippen molar-refractivity contribution in [2.75, 3.05) is 13.1 Å². The molecule has 1 fully saturated rings. The van der Waals surface area contributed by atoms with Crippen LogP contribution in [-0.4, -0.2) is 40.8 Å². The number of nitrogens with one attached hydrogen (secondary N) is 1. The van der Waals surface area contributed by atoms with Crippen LogP contribution in [0.5, 0.6) is 0 Å². The van der Waals surface area contributed by atoms with E-state index in [0.29, 0.717) is 24.0 Å². The summed E-state index contributed by atoms with van der Waals surface area (Å²) in [6.07, 6.45) is 1.66. The van der Waals surface area contributed by atoms with E-state index in [1.807, 2.05) is 38.1 Å². The maximum absolute atomic E-state index is 13.2. The summed E-state index contributed by atoms with van der Waals surface area (Å²) in [4.78, 5) is 38.3. The lowest BCUT2D eigenvalue weighted by molar-refractivity contribution is -0.385. The maximum atomic E-state index is 13.2. The Kier molecular flexibility index (Phi) is 7.28. The molecule has 1 unspecified atom stereocenters. The largest absolute Gasteiger partial charge is 0.341 e. The Bertz CT molecular complexity index is 954. The summed E-state index contributed by atoms with van der Waals surface area (Å²) in [5.41, 5.74) is 0.882. The van der Waals surface area contributed by atoms with Crippen molar-refractivity contribution in [2.45, 2.75) is 38.6 Å². The van der Waals surface area contributed by atoms with Crippen LogP contribution in [0.4, 0.5) is 5.69 Å². The second-order valence-corrected chi connectivity index (χ2v) is 8.56. The molecule has 7 nitrogen and oxygen atoms in total. The monoisotopic (exact) mass is 443 g/mol. The molecule has 0 spiro atoms. The average molecular weight is 444 g/mol. The van der Waals surface area contributed by atoms with Gasteiger partial charge in [0.2, 0.25) is 5.91 Å². The SMILES string of the molecule is CC(C)C(NC(=O)c1ccccc1[N+](=O)[O-])C(=O)N1CCC(c2ccc(Cl)cc2)CC1. The zero-order valence-corrected chi connectivity index (χ0v) is 18.3. The molecule has 1 atom stereocenters. The smallest absolute Gasteiger partial charge is 0.282 e. The van der Waals surface area contributed by atoms with Crippen LogP contribution in [0.1, 0.15) is 48.5 Å². The first-order chi connectivity index (χ1) is 14.8. The standard InChI is InChI=1S/C23H26ClN3O4/c1-15(2)21(25-22(28)19-5-3-4-6-20(19)27(30)31)23(29)26-13-11-17(12-14-26)16-7-9-18(24)10-8-16/h3-10,15,17,21H,11-14H2,1-2H3,(H,25,28). The molecule has 3 rings (SSSR count). The second kappa shape index (κ2) is 9.92. The summed E-state index contributed by atoms with van der Waals surface area (Å²) < 4.78 is 0.